The lowest BCUT2D eigenvalue weighted by atomic mass is 9.99. The summed E-state index contributed by atoms with van der Waals surface area (Å²) in [5.41, 5.74) is 7.33. The monoisotopic (exact) mass is 285 g/mol. The van der Waals surface area contributed by atoms with Crippen molar-refractivity contribution in [3.63, 3.8) is 0 Å². The first-order chi connectivity index (χ1) is 10.2. The predicted octanol–water partition coefficient (Wildman–Crippen LogP) is 2.34. The number of fused-ring (bicyclic) bond motifs is 1. The molecule has 1 aliphatic heterocycles. The Kier molecular flexibility index (Phi) is 4.19. The molecule has 1 aromatic heterocycles. The van der Waals surface area contributed by atoms with E-state index in [4.69, 9.17) is 10.5 Å². The van der Waals surface area contributed by atoms with E-state index in [1.807, 2.05) is 18.5 Å². The van der Waals surface area contributed by atoms with E-state index in [1.165, 1.54) is 16.3 Å². The van der Waals surface area contributed by atoms with Crippen molar-refractivity contribution in [3.05, 3.63) is 42.2 Å². The fourth-order valence-corrected chi connectivity index (χ4v) is 3.35. The normalized spacial score (nSPS) is 25.1. The standard InChI is InChI=1S/C17H23N3O/c1-12-10-20(11-13(2)21-12)17(7-18)16-9-19-8-14-5-3-4-6-15(14)16/h3-6,8-9,12-13,17H,7,10-11,18H2,1-2H3/t12-,13+,17?. The van der Waals surface area contributed by atoms with Gasteiger partial charge in [0.25, 0.3) is 0 Å². The Morgan fingerprint density at radius 1 is 1.24 bits per heavy atom. The van der Waals surface area contributed by atoms with Gasteiger partial charge in [-0.3, -0.25) is 9.88 Å². The first-order valence-electron chi connectivity index (χ1n) is 7.61. The average molecular weight is 285 g/mol. The third kappa shape index (κ3) is 2.93. The first-order valence-corrected chi connectivity index (χ1v) is 7.61. The van der Waals surface area contributed by atoms with Gasteiger partial charge in [-0.15, -0.1) is 0 Å². The molecule has 2 N–H and O–H groups in total. The van der Waals surface area contributed by atoms with E-state index < -0.39 is 0 Å². The van der Waals surface area contributed by atoms with E-state index in [2.05, 4.69) is 41.9 Å². The topological polar surface area (TPSA) is 51.4 Å². The zero-order valence-electron chi connectivity index (χ0n) is 12.7. The highest BCUT2D eigenvalue weighted by atomic mass is 16.5. The van der Waals surface area contributed by atoms with Crippen LogP contribution >= 0.6 is 0 Å². The number of hydrogen-bond donors (Lipinski definition) is 1. The Morgan fingerprint density at radius 3 is 2.67 bits per heavy atom. The molecular weight excluding hydrogens is 262 g/mol. The molecule has 0 radical (unpaired) electrons. The molecule has 1 saturated heterocycles. The lowest BCUT2D eigenvalue weighted by Gasteiger charge is -2.40. The van der Waals surface area contributed by atoms with Crippen LogP contribution in [0.1, 0.15) is 25.5 Å². The van der Waals surface area contributed by atoms with E-state index >= 15 is 0 Å². The Hall–Kier alpha value is -1.49. The van der Waals surface area contributed by atoms with Gasteiger partial charge in [-0.2, -0.15) is 0 Å². The summed E-state index contributed by atoms with van der Waals surface area (Å²) in [5, 5.41) is 2.41. The average Bonchev–Trinajstić information content (AvgIpc) is 2.47. The highest BCUT2D eigenvalue weighted by molar-refractivity contribution is 5.85. The molecule has 3 atom stereocenters. The minimum absolute atomic E-state index is 0.192. The number of morpholine rings is 1. The quantitative estimate of drug-likeness (QED) is 0.940. The largest absolute Gasteiger partial charge is 0.373 e. The maximum Gasteiger partial charge on any atom is 0.0678 e. The molecular formula is C17H23N3O. The van der Waals surface area contributed by atoms with Crippen molar-refractivity contribution in [2.45, 2.75) is 32.1 Å². The molecule has 112 valence electrons. The molecule has 3 rings (SSSR count). The summed E-state index contributed by atoms with van der Waals surface area (Å²) >= 11 is 0. The van der Waals surface area contributed by atoms with Crippen LogP contribution in [0, 0.1) is 0 Å². The van der Waals surface area contributed by atoms with Gasteiger partial charge in [0, 0.05) is 43.5 Å². The zero-order valence-corrected chi connectivity index (χ0v) is 12.7. The van der Waals surface area contributed by atoms with E-state index in [0.29, 0.717) is 6.54 Å². The Balaban J connectivity index is 1.98. The van der Waals surface area contributed by atoms with Gasteiger partial charge in [-0.1, -0.05) is 24.3 Å². The van der Waals surface area contributed by atoms with Crippen LogP contribution in [0.15, 0.2) is 36.7 Å². The van der Waals surface area contributed by atoms with E-state index in [9.17, 15) is 0 Å². The first kappa shape index (κ1) is 14.4. The molecule has 0 aliphatic carbocycles. The molecule has 1 aromatic carbocycles. The summed E-state index contributed by atoms with van der Waals surface area (Å²) in [5.74, 6) is 0. The second-order valence-electron chi connectivity index (χ2n) is 5.91. The predicted molar refractivity (Wildman–Crippen MR) is 85.1 cm³/mol. The van der Waals surface area contributed by atoms with Crippen LogP contribution in [-0.4, -0.2) is 41.7 Å². The Labute approximate surface area is 125 Å². The molecule has 0 spiro atoms. The van der Waals surface area contributed by atoms with Gasteiger partial charge < -0.3 is 10.5 Å². The molecule has 21 heavy (non-hydrogen) atoms. The van der Waals surface area contributed by atoms with Gasteiger partial charge in [-0.25, -0.2) is 0 Å². The SMILES string of the molecule is C[C@@H]1CN(C(CN)c2cncc3ccccc23)C[C@H](C)O1. The summed E-state index contributed by atoms with van der Waals surface area (Å²) in [6.07, 6.45) is 4.36. The Morgan fingerprint density at radius 2 is 1.95 bits per heavy atom. The molecule has 1 aliphatic rings. The van der Waals surface area contributed by atoms with Crippen LogP contribution < -0.4 is 5.73 Å². The maximum atomic E-state index is 6.11. The molecule has 1 fully saturated rings. The number of nitrogens with two attached hydrogens (primary N) is 1. The van der Waals surface area contributed by atoms with Crippen LogP contribution in [0.25, 0.3) is 10.8 Å². The van der Waals surface area contributed by atoms with Gasteiger partial charge in [-0.05, 0) is 24.8 Å². The molecule has 2 aromatic rings. The van der Waals surface area contributed by atoms with Crippen LogP contribution in [0.5, 0.6) is 0 Å². The highest BCUT2D eigenvalue weighted by Gasteiger charge is 2.29. The van der Waals surface area contributed by atoms with Crippen molar-refractivity contribution in [1.29, 1.82) is 0 Å². The van der Waals surface area contributed by atoms with Gasteiger partial charge in [0.05, 0.1) is 12.2 Å². The summed E-state index contributed by atoms with van der Waals surface area (Å²) in [6.45, 7) is 6.66. The molecule has 2 heterocycles. The van der Waals surface area contributed by atoms with Crippen LogP contribution in [0.2, 0.25) is 0 Å². The third-order valence-electron chi connectivity index (χ3n) is 4.17. The number of nitrogens with zero attached hydrogens (tertiary/aromatic N) is 2. The van der Waals surface area contributed by atoms with Crippen molar-refractivity contribution >= 4 is 10.8 Å². The summed E-state index contributed by atoms with van der Waals surface area (Å²) in [4.78, 5) is 6.83. The summed E-state index contributed by atoms with van der Waals surface area (Å²) < 4.78 is 5.84. The molecule has 0 bridgehead atoms. The highest BCUT2D eigenvalue weighted by Crippen LogP contribution is 2.29. The number of benzene rings is 1. The number of ether oxygens (including phenoxy) is 1. The van der Waals surface area contributed by atoms with Crippen molar-refractivity contribution < 1.29 is 4.74 Å². The van der Waals surface area contributed by atoms with E-state index in [0.717, 1.165) is 13.1 Å². The molecule has 0 amide bonds. The molecule has 0 saturated carbocycles. The fraction of sp³-hybridized carbons (Fsp3) is 0.471. The zero-order chi connectivity index (χ0) is 14.8. The van der Waals surface area contributed by atoms with Crippen molar-refractivity contribution in [3.8, 4) is 0 Å². The van der Waals surface area contributed by atoms with Gasteiger partial charge in [0.2, 0.25) is 0 Å². The lowest BCUT2D eigenvalue weighted by molar-refractivity contribution is -0.0798. The minimum Gasteiger partial charge on any atom is -0.373 e. The second kappa shape index (κ2) is 6.10. The van der Waals surface area contributed by atoms with Gasteiger partial charge >= 0.3 is 0 Å². The van der Waals surface area contributed by atoms with Crippen molar-refractivity contribution in [2.24, 2.45) is 5.73 Å². The van der Waals surface area contributed by atoms with E-state index in [-0.39, 0.29) is 18.2 Å². The maximum absolute atomic E-state index is 6.11. The lowest BCUT2D eigenvalue weighted by Crippen LogP contribution is -2.48. The van der Waals surface area contributed by atoms with Crippen LogP contribution in [-0.2, 0) is 4.74 Å². The van der Waals surface area contributed by atoms with Gasteiger partial charge in [0.15, 0.2) is 0 Å². The minimum atomic E-state index is 0.192. The molecule has 4 heteroatoms. The summed E-state index contributed by atoms with van der Waals surface area (Å²) in [6, 6.07) is 8.57. The number of aromatic nitrogens is 1. The van der Waals surface area contributed by atoms with Crippen molar-refractivity contribution in [1.82, 2.24) is 9.88 Å². The number of pyridine rings is 1. The van der Waals surface area contributed by atoms with E-state index in [1.54, 1.807) is 0 Å². The number of hydrogen-bond acceptors (Lipinski definition) is 4. The van der Waals surface area contributed by atoms with Gasteiger partial charge in [0.1, 0.15) is 0 Å². The fourth-order valence-electron chi connectivity index (χ4n) is 3.35. The van der Waals surface area contributed by atoms with Crippen LogP contribution in [0.4, 0.5) is 0 Å². The second-order valence-corrected chi connectivity index (χ2v) is 5.91. The molecule has 1 unspecified atom stereocenters. The van der Waals surface area contributed by atoms with Crippen LogP contribution in [0.3, 0.4) is 0 Å². The molecule has 4 nitrogen and oxygen atoms in total. The summed E-state index contributed by atoms with van der Waals surface area (Å²) in [7, 11) is 0. The Bertz CT molecular complexity index is 601. The third-order valence-corrected chi connectivity index (χ3v) is 4.17. The van der Waals surface area contributed by atoms with Crippen molar-refractivity contribution in [2.75, 3.05) is 19.6 Å². The number of rotatable bonds is 3. The smallest absolute Gasteiger partial charge is 0.0678 e.